The van der Waals surface area contributed by atoms with Gasteiger partial charge in [-0.1, -0.05) is 13.8 Å². The van der Waals surface area contributed by atoms with Crippen LogP contribution in [-0.2, 0) is 14.8 Å². The van der Waals surface area contributed by atoms with Gasteiger partial charge in [-0.25, -0.2) is 13.1 Å². The molecule has 0 saturated carbocycles. The molecule has 18 heavy (non-hydrogen) atoms. The average Bonchev–Trinajstić information content (AvgIpc) is 2.37. The molecular formula is C11H25ClN2O3S. The number of nitrogens with two attached hydrogens (primary N) is 1. The minimum absolute atomic E-state index is 0. The number of hydrogen-bond acceptors (Lipinski definition) is 4. The van der Waals surface area contributed by atoms with Gasteiger partial charge in [0, 0.05) is 18.7 Å². The van der Waals surface area contributed by atoms with Crippen LogP contribution in [-0.4, -0.2) is 39.0 Å². The third-order valence-electron chi connectivity index (χ3n) is 3.66. The Kier molecular flexibility index (Phi) is 7.70. The smallest absolute Gasteiger partial charge is 0.217 e. The van der Waals surface area contributed by atoms with Crippen LogP contribution in [0, 0.1) is 0 Å². The molecule has 0 aromatic carbocycles. The molecule has 1 aliphatic rings. The molecule has 1 unspecified atom stereocenters. The lowest BCUT2D eigenvalue weighted by Crippen LogP contribution is -2.56. The van der Waals surface area contributed by atoms with Gasteiger partial charge in [-0.15, -0.1) is 12.4 Å². The van der Waals surface area contributed by atoms with Gasteiger partial charge in [0.15, 0.2) is 0 Å². The highest BCUT2D eigenvalue weighted by Crippen LogP contribution is 2.20. The van der Waals surface area contributed by atoms with Crippen LogP contribution in [0.4, 0.5) is 0 Å². The maximum Gasteiger partial charge on any atom is 0.217 e. The van der Waals surface area contributed by atoms with Crippen LogP contribution in [0.25, 0.3) is 0 Å². The van der Waals surface area contributed by atoms with Gasteiger partial charge >= 0.3 is 0 Å². The maximum atomic E-state index is 12.2. The first kappa shape index (κ1) is 18.1. The molecule has 0 aliphatic carbocycles. The van der Waals surface area contributed by atoms with E-state index in [0.717, 1.165) is 6.42 Å². The van der Waals surface area contributed by atoms with Crippen molar-refractivity contribution in [2.45, 2.75) is 50.3 Å². The maximum absolute atomic E-state index is 12.2. The number of sulfonamides is 1. The summed E-state index contributed by atoms with van der Waals surface area (Å²) in [5.74, 6) is 0. The first-order valence-electron chi connectivity index (χ1n) is 6.30. The van der Waals surface area contributed by atoms with Gasteiger partial charge in [-0.2, -0.15) is 0 Å². The number of rotatable bonds is 6. The van der Waals surface area contributed by atoms with Crippen molar-refractivity contribution in [1.82, 2.24) is 4.72 Å². The monoisotopic (exact) mass is 300 g/mol. The van der Waals surface area contributed by atoms with E-state index in [2.05, 4.69) is 4.72 Å². The van der Waals surface area contributed by atoms with Crippen LogP contribution >= 0.6 is 12.4 Å². The van der Waals surface area contributed by atoms with Crippen LogP contribution in [0.2, 0.25) is 0 Å². The molecule has 7 heteroatoms. The van der Waals surface area contributed by atoms with Crippen LogP contribution in [0.1, 0.15) is 39.5 Å². The van der Waals surface area contributed by atoms with Gasteiger partial charge in [0.25, 0.3) is 0 Å². The highest BCUT2D eigenvalue weighted by Gasteiger charge is 2.35. The predicted octanol–water partition coefficient (Wildman–Crippen LogP) is 1.02. The zero-order chi connectivity index (χ0) is 12.9. The van der Waals surface area contributed by atoms with Gasteiger partial charge < -0.3 is 10.5 Å². The normalized spacial score (nSPS) is 21.4. The van der Waals surface area contributed by atoms with E-state index in [4.69, 9.17) is 10.5 Å². The molecule has 0 spiro atoms. The summed E-state index contributed by atoms with van der Waals surface area (Å²) in [6, 6.07) is 0. The van der Waals surface area contributed by atoms with Gasteiger partial charge in [-0.05, 0) is 25.7 Å². The first-order chi connectivity index (χ1) is 7.99. The molecule has 1 atom stereocenters. The van der Waals surface area contributed by atoms with Crippen molar-refractivity contribution in [3.8, 4) is 0 Å². The van der Waals surface area contributed by atoms with E-state index in [1.165, 1.54) is 0 Å². The Labute approximate surface area is 116 Å². The van der Waals surface area contributed by atoms with Gasteiger partial charge in [0.2, 0.25) is 10.0 Å². The highest BCUT2D eigenvalue weighted by atomic mass is 35.5. The fourth-order valence-corrected chi connectivity index (χ4v) is 3.96. The van der Waals surface area contributed by atoms with Crippen LogP contribution < -0.4 is 10.5 Å². The van der Waals surface area contributed by atoms with Crippen molar-refractivity contribution >= 4 is 22.4 Å². The molecular weight excluding hydrogens is 276 g/mol. The lowest BCUT2D eigenvalue weighted by atomic mass is 9.95. The fourth-order valence-electron chi connectivity index (χ4n) is 2.07. The molecule has 110 valence electrons. The molecule has 1 saturated heterocycles. The molecule has 1 heterocycles. The molecule has 0 radical (unpaired) electrons. The summed E-state index contributed by atoms with van der Waals surface area (Å²) >= 11 is 0. The Morgan fingerprint density at radius 3 is 2.39 bits per heavy atom. The van der Waals surface area contributed by atoms with Crippen molar-refractivity contribution in [3.63, 3.8) is 0 Å². The first-order valence-corrected chi connectivity index (χ1v) is 7.85. The Morgan fingerprint density at radius 1 is 1.39 bits per heavy atom. The van der Waals surface area contributed by atoms with E-state index in [9.17, 15) is 8.42 Å². The third kappa shape index (κ3) is 4.35. The molecule has 3 N–H and O–H groups in total. The van der Waals surface area contributed by atoms with E-state index >= 15 is 0 Å². The average molecular weight is 301 g/mol. The van der Waals surface area contributed by atoms with Gasteiger partial charge in [-0.3, -0.25) is 0 Å². The molecule has 1 rings (SSSR count). The molecule has 1 aliphatic heterocycles. The highest BCUT2D eigenvalue weighted by molar-refractivity contribution is 7.90. The minimum atomic E-state index is -3.33. The molecule has 0 aromatic heterocycles. The molecule has 5 nitrogen and oxygen atoms in total. The topological polar surface area (TPSA) is 81.4 Å². The standard InChI is InChI=1S/C11H24N2O3S.ClH/c1-3-11(4-2,9-12)13-17(14,15)10-6-5-7-16-8-10;/h10,13H,3-9,12H2,1-2H3;1H. The largest absolute Gasteiger partial charge is 0.380 e. The SMILES string of the molecule is CCC(CC)(CN)NS(=O)(=O)C1CCCOC1.Cl. The van der Waals surface area contributed by atoms with Crippen molar-refractivity contribution < 1.29 is 13.2 Å². The molecule has 1 fully saturated rings. The Morgan fingerprint density at radius 2 is 2.00 bits per heavy atom. The second-order valence-corrected chi connectivity index (χ2v) is 6.64. The van der Waals surface area contributed by atoms with Crippen molar-refractivity contribution in [2.75, 3.05) is 19.8 Å². The summed E-state index contributed by atoms with van der Waals surface area (Å²) in [5, 5.41) is -0.430. The van der Waals surface area contributed by atoms with Gasteiger partial charge in [0.1, 0.15) is 0 Å². The second-order valence-electron chi connectivity index (χ2n) is 4.68. The van der Waals surface area contributed by atoms with Crippen molar-refractivity contribution in [3.05, 3.63) is 0 Å². The van der Waals surface area contributed by atoms with E-state index in [1.807, 2.05) is 13.8 Å². The Hall–Kier alpha value is 0.120. The summed E-state index contributed by atoms with van der Waals surface area (Å²) < 4.78 is 32.5. The van der Waals surface area contributed by atoms with Crippen molar-refractivity contribution in [2.24, 2.45) is 5.73 Å². The number of nitrogens with one attached hydrogen (secondary N) is 1. The summed E-state index contributed by atoms with van der Waals surface area (Å²) in [7, 11) is -3.33. The Balaban J connectivity index is 0.00000289. The van der Waals surface area contributed by atoms with E-state index in [1.54, 1.807) is 0 Å². The summed E-state index contributed by atoms with van der Waals surface area (Å²) in [4.78, 5) is 0. The number of hydrogen-bond donors (Lipinski definition) is 2. The van der Waals surface area contributed by atoms with Gasteiger partial charge in [0.05, 0.1) is 11.9 Å². The quantitative estimate of drug-likeness (QED) is 0.767. The number of halogens is 1. The summed E-state index contributed by atoms with van der Waals surface area (Å²) in [6.07, 6.45) is 2.88. The second kappa shape index (κ2) is 7.65. The van der Waals surface area contributed by atoms with E-state index in [-0.39, 0.29) is 12.4 Å². The molecule has 0 bridgehead atoms. The van der Waals surface area contributed by atoms with Crippen LogP contribution in [0.3, 0.4) is 0 Å². The lowest BCUT2D eigenvalue weighted by molar-refractivity contribution is 0.0984. The molecule has 0 amide bonds. The zero-order valence-electron chi connectivity index (χ0n) is 11.1. The molecule has 0 aromatic rings. The van der Waals surface area contributed by atoms with E-state index in [0.29, 0.717) is 39.0 Å². The summed E-state index contributed by atoms with van der Waals surface area (Å²) in [5.41, 5.74) is 5.20. The fraction of sp³-hybridized carbons (Fsp3) is 1.00. The summed E-state index contributed by atoms with van der Waals surface area (Å²) in [6.45, 7) is 5.19. The predicted molar refractivity (Wildman–Crippen MR) is 75.5 cm³/mol. The zero-order valence-corrected chi connectivity index (χ0v) is 12.8. The van der Waals surface area contributed by atoms with Crippen LogP contribution in [0.15, 0.2) is 0 Å². The third-order valence-corrected chi connectivity index (χ3v) is 5.63. The lowest BCUT2D eigenvalue weighted by Gasteiger charge is -2.33. The minimum Gasteiger partial charge on any atom is -0.380 e. The number of ether oxygens (including phenoxy) is 1. The Bertz CT molecular complexity index is 317. The van der Waals surface area contributed by atoms with E-state index < -0.39 is 20.8 Å². The van der Waals surface area contributed by atoms with Crippen molar-refractivity contribution in [1.29, 1.82) is 0 Å². The van der Waals surface area contributed by atoms with Crippen LogP contribution in [0.5, 0.6) is 0 Å².